The van der Waals surface area contributed by atoms with Gasteiger partial charge in [-0.1, -0.05) is 17.7 Å². The van der Waals surface area contributed by atoms with E-state index in [1.807, 2.05) is 0 Å². The van der Waals surface area contributed by atoms with E-state index in [1.54, 1.807) is 56.3 Å². The Labute approximate surface area is 168 Å². The molecule has 0 saturated heterocycles. The molecule has 1 amide bonds. The van der Waals surface area contributed by atoms with Gasteiger partial charge in [-0.25, -0.2) is 10.2 Å². The first kappa shape index (κ1) is 21.2. The summed E-state index contributed by atoms with van der Waals surface area (Å²) in [6, 6.07) is 11.6. The van der Waals surface area contributed by atoms with Gasteiger partial charge in [-0.2, -0.15) is 5.10 Å². The molecule has 2 rings (SSSR count). The maximum Gasteiger partial charge on any atom is 0.344 e. The van der Waals surface area contributed by atoms with Crippen LogP contribution in [0, 0.1) is 0 Å². The molecule has 0 aromatic heterocycles. The highest BCUT2D eigenvalue weighted by Crippen LogP contribution is 2.27. The molecule has 0 aliphatic rings. The second-order valence-electron chi connectivity index (χ2n) is 5.95. The SMILES string of the molecule is COc1cc(/C=N/NC(=O)c2cccc(Cl)c2)ccc1OCC(=O)OC(C)C. The van der Waals surface area contributed by atoms with Crippen molar-refractivity contribution >= 4 is 29.7 Å². The number of carbonyl (C=O) groups is 2. The lowest BCUT2D eigenvalue weighted by atomic mass is 10.2. The zero-order chi connectivity index (χ0) is 20.5. The Kier molecular flexibility index (Phi) is 7.83. The van der Waals surface area contributed by atoms with Crippen LogP contribution in [-0.2, 0) is 9.53 Å². The summed E-state index contributed by atoms with van der Waals surface area (Å²) in [7, 11) is 1.48. The van der Waals surface area contributed by atoms with Crippen LogP contribution in [0.3, 0.4) is 0 Å². The van der Waals surface area contributed by atoms with Crippen LogP contribution in [0.4, 0.5) is 0 Å². The van der Waals surface area contributed by atoms with Gasteiger partial charge in [-0.05, 0) is 55.8 Å². The molecular formula is C20H21ClN2O5. The zero-order valence-corrected chi connectivity index (χ0v) is 16.5. The third-order valence-corrected chi connectivity index (χ3v) is 3.60. The molecule has 28 heavy (non-hydrogen) atoms. The number of ether oxygens (including phenoxy) is 3. The fraction of sp³-hybridized carbons (Fsp3) is 0.250. The summed E-state index contributed by atoms with van der Waals surface area (Å²) in [6.07, 6.45) is 1.25. The van der Waals surface area contributed by atoms with Crippen LogP contribution in [0.1, 0.15) is 29.8 Å². The number of nitrogens with zero attached hydrogens (tertiary/aromatic N) is 1. The number of amides is 1. The molecule has 148 valence electrons. The van der Waals surface area contributed by atoms with Crippen LogP contribution in [0.5, 0.6) is 11.5 Å². The first-order valence-corrected chi connectivity index (χ1v) is 8.86. The molecule has 0 fully saturated rings. The van der Waals surface area contributed by atoms with E-state index in [0.717, 1.165) is 0 Å². The van der Waals surface area contributed by atoms with Gasteiger partial charge in [0.25, 0.3) is 5.91 Å². The number of hydrazone groups is 1. The van der Waals surface area contributed by atoms with Crippen molar-refractivity contribution in [3.63, 3.8) is 0 Å². The van der Waals surface area contributed by atoms with Crippen molar-refractivity contribution in [1.82, 2.24) is 5.43 Å². The van der Waals surface area contributed by atoms with Gasteiger partial charge in [0, 0.05) is 10.6 Å². The first-order chi connectivity index (χ1) is 13.4. The molecule has 1 N–H and O–H groups in total. The molecule has 0 spiro atoms. The van der Waals surface area contributed by atoms with Crippen LogP contribution in [0.15, 0.2) is 47.6 Å². The van der Waals surface area contributed by atoms with E-state index < -0.39 is 5.97 Å². The number of methoxy groups -OCH3 is 1. The number of rotatable bonds is 8. The molecule has 0 aliphatic carbocycles. The van der Waals surface area contributed by atoms with Crippen molar-refractivity contribution < 1.29 is 23.8 Å². The van der Waals surface area contributed by atoms with Gasteiger partial charge in [0.1, 0.15) is 0 Å². The average Bonchev–Trinajstić information content (AvgIpc) is 2.66. The lowest BCUT2D eigenvalue weighted by molar-refractivity contribution is -0.149. The van der Waals surface area contributed by atoms with Gasteiger partial charge in [0.15, 0.2) is 18.1 Å². The van der Waals surface area contributed by atoms with Crippen molar-refractivity contribution in [2.75, 3.05) is 13.7 Å². The van der Waals surface area contributed by atoms with E-state index in [4.69, 9.17) is 25.8 Å². The number of esters is 1. The highest BCUT2D eigenvalue weighted by Gasteiger charge is 2.10. The summed E-state index contributed by atoms with van der Waals surface area (Å²) in [4.78, 5) is 23.6. The Morgan fingerprint density at radius 2 is 1.96 bits per heavy atom. The number of halogens is 1. The van der Waals surface area contributed by atoms with E-state index >= 15 is 0 Å². The van der Waals surface area contributed by atoms with Gasteiger partial charge in [-0.15, -0.1) is 0 Å². The van der Waals surface area contributed by atoms with Gasteiger partial charge in [0.2, 0.25) is 0 Å². The normalized spacial score (nSPS) is 10.8. The van der Waals surface area contributed by atoms with Crippen molar-refractivity contribution in [2.45, 2.75) is 20.0 Å². The minimum atomic E-state index is -0.466. The summed E-state index contributed by atoms with van der Waals surface area (Å²) >= 11 is 5.86. The van der Waals surface area contributed by atoms with Gasteiger partial charge < -0.3 is 14.2 Å². The lowest BCUT2D eigenvalue weighted by Crippen LogP contribution is -2.19. The van der Waals surface area contributed by atoms with Crippen LogP contribution in [-0.4, -0.2) is 37.9 Å². The van der Waals surface area contributed by atoms with Crippen molar-refractivity contribution in [2.24, 2.45) is 5.10 Å². The molecule has 0 heterocycles. The highest BCUT2D eigenvalue weighted by molar-refractivity contribution is 6.30. The Hall–Kier alpha value is -3.06. The fourth-order valence-electron chi connectivity index (χ4n) is 2.18. The number of benzene rings is 2. The molecule has 0 atom stereocenters. The minimum Gasteiger partial charge on any atom is -0.493 e. The second-order valence-corrected chi connectivity index (χ2v) is 6.38. The van der Waals surface area contributed by atoms with Crippen molar-refractivity contribution in [3.8, 4) is 11.5 Å². The molecule has 0 unspecified atom stereocenters. The summed E-state index contributed by atoms with van der Waals surface area (Å²) < 4.78 is 15.7. The van der Waals surface area contributed by atoms with Crippen LogP contribution >= 0.6 is 11.6 Å². The monoisotopic (exact) mass is 404 g/mol. The molecular weight excluding hydrogens is 384 g/mol. The minimum absolute atomic E-state index is 0.210. The molecule has 2 aromatic carbocycles. The smallest absolute Gasteiger partial charge is 0.344 e. The Bertz CT molecular complexity index is 867. The Morgan fingerprint density at radius 3 is 2.64 bits per heavy atom. The van der Waals surface area contributed by atoms with Crippen molar-refractivity contribution in [3.05, 3.63) is 58.6 Å². The molecule has 2 aromatic rings. The second kappa shape index (κ2) is 10.3. The van der Waals surface area contributed by atoms with E-state index in [1.165, 1.54) is 13.3 Å². The van der Waals surface area contributed by atoms with E-state index in [-0.39, 0.29) is 18.6 Å². The Morgan fingerprint density at radius 1 is 1.18 bits per heavy atom. The topological polar surface area (TPSA) is 86.2 Å². The molecule has 8 heteroatoms. The zero-order valence-electron chi connectivity index (χ0n) is 15.8. The van der Waals surface area contributed by atoms with E-state index in [0.29, 0.717) is 27.6 Å². The maximum atomic E-state index is 12.0. The van der Waals surface area contributed by atoms with Gasteiger partial charge in [0.05, 0.1) is 19.4 Å². The number of nitrogens with one attached hydrogen (secondary N) is 1. The molecule has 0 saturated carbocycles. The summed E-state index contributed by atoms with van der Waals surface area (Å²) in [5.41, 5.74) is 3.49. The lowest BCUT2D eigenvalue weighted by Gasteiger charge is -2.12. The fourth-order valence-corrected chi connectivity index (χ4v) is 2.37. The van der Waals surface area contributed by atoms with Gasteiger partial charge >= 0.3 is 5.97 Å². The summed E-state index contributed by atoms with van der Waals surface area (Å²) in [5.74, 6) is -0.0356. The third kappa shape index (κ3) is 6.59. The predicted octanol–water partition coefficient (Wildman–Crippen LogP) is 3.44. The number of carbonyl (C=O) groups excluding carboxylic acids is 2. The standard InChI is InChI=1S/C20H21ClN2O5/c1-13(2)28-19(24)12-27-17-8-7-14(9-18(17)26-3)11-22-23-20(25)15-5-4-6-16(21)10-15/h4-11,13H,12H2,1-3H3,(H,23,25)/b22-11+. The maximum absolute atomic E-state index is 12.0. The molecule has 0 aliphatic heterocycles. The average molecular weight is 405 g/mol. The first-order valence-electron chi connectivity index (χ1n) is 8.48. The van der Waals surface area contributed by atoms with Gasteiger partial charge in [-0.3, -0.25) is 4.79 Å². The third-order valence-electron chi connectivity index (χ3n) is 3.37. The number of hydrogen-bond acceptors (Lipinski definition) is 6. The summed E-state index contributed by atoms with van der Waals surface area (Å²) in [5, 5.41) is 4.39. The molecule has 0 radical (unpaired) electrons. The quantitative estimate of drug-likeness (QED) is 0.413. The van der Waals surface area contributed by atoms with E-state index in [2.05, 4.69) is 10.5 Å². The number of hydrogen-bond donors (Lipinski definition) is 1. The molecule has 7 nitrogen and oxygen atoms in total. The van der Waals surface area contributed by atoms with E-state index in [9.17, 15) is 9.59 Å². The van der Waals surface area contributed by atoms with Crippen LogP contribution in [0.2, 0.25) is 5.02 Å². The molecule has 0 bridgehead atoms. The van der Waals surface area contributed by atoms with Crippen LogP contribution in [0.25, 0.3) is 0 Å². The highest BCUT2D eigenvalue weighted by atomic mass is 35.5. The van der Waals surface area contributed by atoms with Crippen LogP contribution < -0.4 is 14.9 Å². The summed E-state index contributed by atoms with van der Waals surface area (Å²) in [6.45, 7) is 3.30. The Balaban J connectivity index is 1.98. The largest absolute Gasteiger partial charge is 0.493 e. The predicted molar refractivity (Wildman–Crippen MR) is 106 cm³/mol. The van der Waals surface area contributed by atoms with Crippen molar-refractivity contribution in [1.29, 1.82) is 0 Å².